The third kappa shape index (κ3) is 4.71. The van der Waals surface area contributed by atoms with Gasteiger partial charge in [0, 0.05) is 25.4 Å². The molecule has 0 aromatic carbocycles. The first-order valence-electron chi connectivity index (χ1n) is 9.77. The monoisotopic (exact) mass is 432 g/mol. The van der Waals surface area contributed by atoms with Crippen molar-refractivity contribution in [3.8, 4) is 0 Å². The number of anilines is 1. The summed E-state index contributed by atoms with van der Waals surface area (Å²) in [5.41, 5.74) is 0.811. The lowest BCUT2D eigenvalue weighted by atomic mass is 10.3. The molecule has 154 valence electrons. The third-order valence-electron chi connectivity index (χ3n) is 4.56. The van der Waals surface area contributed by atoms with E-state index in [-0.39, 0.29) is 5.91 Å². The van der Waals surface area contributed by atoms with Gasteiger partial charge in [-0.15, -0.1) is 11.3 Å². The van der Waals surface area contributed by atoms with Crippen LogP contribution in [0.25, 0.3) is 11.0 Å². The standard InChI is InChI=1S/C19H24N6O2S2/c1-2-11-29-19-22-16(24-7-9-27-10-8-24)14-13-21-25(17(14)23-19)6-5-20-18(26)15-4-3-12-28-15/h3-4,12-13H,2,5-11H2,1H3,(H,20,26). The van der Waals surface area contributed by atoms with Gasteiger partial charge < -0.3 is 15.0 Å². The summed E-state index contributed by atoms with van der Waals surface area (Å²) in [4.78, 5) is 24.7. The van der Waals surface area contributed by atoms with Crippen molar-refractivity contribution >= 4 is 45.9 Å². The molecule has 0 saturated carbocycles. The average molecular weight is 433 g/mol. The van der Waals surface area contributed by atoms with E-state index in [1.807, 2.05) is 28.4 Å². The fourth-order valence-electron chi connectivity index (χ4n) is 3.13. The molecule has 0 unspecified atom stereocenters. The fourth-order valence-corrected chi connectivity index (χ4v) is 4.46. The molecule has 10 heteroatoms. The van der Waals surface area contributed by atoms with Gasteiger partial charge in [0.2, 0.25) is 0 Å². The van der Waals surface area contributed by atoms with Gasteiger partial charge in [0.15, 0.2) is 10.8 Å². The highest BCUT2D eigenvalue weighted by molar-refractivity contribution is 7.99. The number of hydrogen-bond donors (Lipinski definition) is 1. The van der Waals surface area contributed by atoms with Crippen LogP contribution < -0.4 is 10.2 Å². The van der Waals surface area contributed by atoms with Crippen LogP contribution in [0.1, 0.15) is 23.0 Å². The number of rotatable bonds is 8. The number of aromatic nitrogens is 4. The van der Waals surface area contributed by atoms with Gasteiger partial charge in [0.1, 0.15) is 5.82 Å². The summed E-state index contributed by atoms with van der Waals surface area (Å²) in [5, 5.41) is 11.1. The van der Waals surface area contributed by atoms with Crippen LogP contribution in [-0.4, -0.2) is 64.3 Å². The Hall–Kier alpha value is -2.17. The summed E-state index contributed by atoms with van der Waals surface area (Å²) >= 11 is 3.10. The van der Waals surface area contributed by atoms with Crippen LogP contribution in [0.5, 0.6) is 0 Å². The van der Waals surface area contributed by atoms with Crippen molar-refractivity contribution in [3.63, 3.8) is 0 Å². The first-order valence-corrected chi connectivity index (χ1v) is 11.6. The molecule has 1 aliphatic rings. The molecule has 0 atom stereocenters. The van der Waals surface area contributed by atoms with E-state index < -0.39 is 0 Å². The molecule has 4 rings (SSSR count). The molecule has 0 radical (unpaired) electrons. The van der Waals surface area contributed by atoms with Crippen LogP contribution >= 0.6 is 23.1 Å². The molecular weight excluding hydrogens is 408 g/mol. The number of amides is 1. The predicted molar refractivity (Wildman–Crippen MR) is 116 cm³/mol. The number of carbonyl (C=O) groups is 1. The van der Waals surface area contributed by atoms with Crippen molar-refractivity contribution in [1.29, 1.82) is 0 Å². The molecule has 4 heterocycles. The van der Waals surface area contributed by atoms with Gasteiger partial charge in [-0.25, -0.2) is 14.6 Å². The first kappa shape index (κ1) is 20.1. The second-order valence-electron chi connectivity index (χ2n) is 6.62. The quantitative estimate of drug-likeness (QED) is 0.433. The molecule has 3 aromatic rings. The number of fused-ring (bicyclic) bond motifs is 1. The highest BCUT2D eigenvalue weighted by Crippen LogP contribution is 2.28. The highest BCUT2D eigenvalue weighted by Gasteiger charge is 2.20. The molecule has 1 fully saturated rings. The van der Waals surface area contributed by atoms with E-state index >= 15 is 0 Å². The maximum absolute atomic E-state index is 12.2. The van der Waals surface area contributed by atoms with Crippen molar-refractivity contribution in [3.05, 3.63) is 28.6 Å². The summed E-state index contributed by atoms with van der Waals surface area (Å²) in [5.74, 6) is 1.84. The van der Waals surface area contributed by atoms with Crippen molar-refractivity contribution in [2.45, 2.75) is 25.0 Å². The summed E-state index contributed by atoms with van der Waals surface area (Å²) in [6, 6.07) is 3.70. The van der Waals surface area contributed by atoms with Crippen LogP contribution in [0.2, 0.25) is 0 Å². The molecule has 8 nitrogen and oxygen atoms in total. The number of carbonyl (C=O) groups excluding carboxylic acids is 1. The zero-order chi connectivity index (χ0) is 20.1. The molecule has 1 N–H and O–H groups in total. The number of hydrogen-bond acceptors (Lipinski definition) is 8. The van der Waals surface area contributed by atoms with E-state index in [1.165, 1.54) is 11.3 Å². The van der Waals surface area contributed by atoms with Gasteiger partial charge in [-0.3, -0.25) is 4.79 Å². The minimum Gasteiger partial charge on any atom is -0.378 e. The van der Waals surface area contributed by atoms with E-state index in [2.05, 4.69) is 22.2 Å². The van der Waals surface area contributed by atoms with Crippen LogP contribution in [-0.2, 0) is 11.3 Å². The highest BCUT2D eigenvalue weighted by atomic mass is 32.2. The molecule has 0 bridgehead atoms. The second-order valence-corrected chi connectivity index (χ2v) is 8.63. The summed E-state index contributed by atoms with van der Waals surface area (Å²) in [6.07, 6.45) is 2.89. The Labute approximate surface area is 177 Å². The zero-order valence-electron chi connectivity index (χ0n) is 16.3. The Kier molecular flexibility index (Phi) is 6.63. The fraction of sp³-hybridized carbons (Fsp3) is 0.474. The van der Waals surface area contributed by atoms with Gasteiger partial charge in [-0.2, -0.15) is 5.10 Å². The Morgan fingerprint density at radius 3 is 2.97 bits per heavy atom. The summed E-state index contributed by atoms with van der Waals surface area (Å²) in [6.45, 7) is 6.21. The summed E-state index contributed by atoms with van der Waals surface area (Å²) < 4.78 is 7.34. The smallest absolute Gasteiger partial charge is 0.261 e. The van der Waals surface area contributed by atoms with Crippen LogP contribution in [0.15, 0.2) is 28.9 Å². The van der Waals surface area contributed by atoms with E-state index in [9.17, 15) is 4.79 Å². The lowest BCUT2D eigenvalue weighted by Crippen LogP contribution is -2.37. The van der Waals surface area contributed by atoms with Gasteiger partial charge >= 0.3 is 0 Å². The normalized spacial score (nSPS) is 14.4. The molecule has 1 saturated heterocycles. The van der Waals surface area contributed by atoms with E-state index in [0.717, 1.165) is 47.3 Å². The first-order chi connectivity index (χ1) is 14.3. The minimum absolute atomic E-state index is 0.0562. The zero-order valence-corrected chi connectivity index (χ0v) is 18.0. The van der Waals surface area contributed by atoms with E-state index in [0.29, 0.717) is 31.2 Å². The maximum Gasteiger partial charge on any atom is 0.261 e. The minimum atomic E-state index is -0.0562. The number of ether oxygens (including phenoxy) is 1. The number of nitrogens with zero attached hydrogens (tertiary/aromatic N) is 5. The van der Waals surface area contributed by atoms with E-state index in [4.69, 9.17) is 14.7 Å². The number of nitrogens with one attached hydrogen (secondary N) is 1. The summed E-state index contributed by atoms with van der Waals surface area (Å²) in [7, 11) is 0. The van der Waals surface area contributed by atoms with Gasteiger partial charge in [0.05, 0.1) is 36.2 Å². The number of thioether (sulfide) groups is 1. The van der Waals surface area contributed by atoms with Crippen LogP contribution in [0, 0.1) is 0 Å². The topological polar surface area (TPSA) is 85.2 Å². The Morgan fingerprint density at radius 2 is 2.21 bits per heavy atom. The predicted octanol–water partition coefficient (Wildman–Crippen LogP) is 2.66. The third-order valence-corrected chi connectivity index (χ3v) is 6.48. The molecule has 1 aliphatic heterocycles. The lowest BCUT2D eigenvalue weighted by Gasteiger charge is -2.28. The molecule has 0 aliphatic carbocycles. The lowest BCUT2D eigenvalue weighted by molar-refractivity contribution is 0.0956. The number of morpholine rings is 1. The second kappa shape index (κ2) is 9.55. The van der Waals surface area contributed by atoms with Gasteiger partial charge in [-0.05, 0) is 17.9 Å². The average Bonchev–Trinajstić information content (AvgIpc) is 3.43. The van der Waals surface area contributed by atoms with Crippen LogP contribution in [0.4, 0.5) is 5.82 Å². The molecule has 0 spiro atoms. The van der Waals surface area contributed by atoms with Crippen molar-refractivity contribution in [2.75, 3.05) is 43.5 Å². The van der Waals surface area contributed by atoms with Crippen LogP contribution in [0.3, 0.4) is 0 Å². The molecule has 1 amide bonds. The van der Waals surface area contributed by atoms with E-state index in [1.54, 1.807) is 11.8 Å². The van der Waals surface area contributed by atoms with Gasteiger partial charge in [0.25, 0.3) is 5.91 Å². The Bertz CT molecular complexity index is 953. The maximum atomic E-state index is 12.2. The molecular formula is C19H24N6O2S2. The largest absolute Gasteiger partial charge is 0.378 e. The Balaban J connectivity index is 1.55. The van der Waals surface area contributed by atoms with Crippen molar-refractivity contribution < 1.29 is 9.53 Å². The van der Waals surface area contributed by atoms with Crippen molar-refractivity contribution in [2.24, 2.45) is 0 Å². The number of thiophene rings is 1. The van der Waals surface area contributed by atoms with Crippen molar-refractivity contribution in [1.82, 2.24) is 25.1 Å². The van der Waals surface area contributed by atoms with Gasteiger partial charge in [-0.1, -0.05) is 24.8 Å². The Morgan fingerprint density at radius 1 is 1.34 bits per heavy atom. The molecule has 3 aromatic heterocycles. The SMILES string of the molecule is CCCSc1nc(N2CCOCC2)c2cnn(CCNC(=O)c3cccs3)c2n1. The molecule has 29 heavy (non-hydrogen) atoms.